The minimum atomic E-state index is -0.543. The Balaban J connectivity index is 2.02. The average molecular weight is 385 g/mol. The van der Waals surface area contributed by atoms with Gasteiger partial charge in [0, 0.05) is 25.3 Å². The molecule has 1 heterocycles. The number of nitrogens with zero attached hydrogens (tertiary/aromatic N) is 3. The van der Waals surface area contributed by atoms with Crippen molar-refractivity contribution in [2.24, 2.45) is 0 Å². The van der Waals surface area contributed by atoms with Crippen molar-refractivity contribution in [3.05, 3.63) is 35.8 Å². The molecule has 1 aromatic rings. The van der Waals surface area contributed by atoms with Crippen LogP contribution in [0.3, 0.4) is 0 Å². The van der Waals surface area contributed by atoms with Crippen molar-refractivity contribution < 1.29 is 13.9 Å². The molecule has 1 saturated heterocycles. The van der Waals surface area contributed by atoms with Crippen molar-refractivity contribution in [3.8, 4) is 12.1 Å². The highest BCUT2D eigenvalue weighted by Gasteiger charge is 2.27. The van der Waals surface area contributed by atoms with Gasteiger partial charge in [-0.25, -0.2) is 9.18 Å². The van der Waals surface area contributed by atoms with Gasteiger partial charge < -0.3 is 20.3 Å². The first kappa shape index (κ1) is 21.0. The fourth-order valence-corrected chi connectivity index (χ4v) is 2.77. The summed E-state index contributed by atoms with van der Waals surface area (Å²) in [6.45, 7) is 6.49. The van der Waals surface area contributed by atoms with Crippen LogP contribution in [0.25, 0.3) is 0 Å². The molecule has 8 heteroatoms. The molecule has 1 amide bonds. The second-order valence-electron chi connectivity index (χ2n) is 7.47. The Kier molecular flexibility index (Phi) is 6.84. The third-order valence-corrected chi connectivity index (χ3v) is 4.12. The lowest BCUT2D eigenvalue weighted by Gasteiger charge is -2.34. The molecule has 0 aliphatic carbocycles. The molecule has 0 aromatic heterocycles. The van der Waals surface area contributed by atoms with Crippen molar-refractivity contribution in [2.75, 3.05) is 23.7 Å². The number of piperidine rings is 1. The van der Waals surface area contributed by atoms with Crippen LogP contribution < -0.4 is 10.6 Å². The molecule has 0 bridgehead atoms. The van der Waals surface area contributed by atoms with Gasteiger partial charge in [0.05, 0.1) is 11.4 Å². The van der Waals surface area contributed by atoms with Crippen molar-refractivity contribution in [3.63, 3.8) is 0 Å². The largest absolute Gasteiger partial charge is 0.444 e. The second-order valence-corrected chi connectivity index (χ2v) is 7.47. The van der Waals surface area contributed by atoms with Gasteiger partial charge in [0.1, 0.15) is 29.1 Å². The molecule has 0 spiro atoms. The fraction of sp³-hybridized carbons (Fsp3) is 0.450. The number of amides is 1. The summed E-state index contributed by atoms with van der Waals surface area (Å²) in [6, 6.07) is 8.00. The van der Waals surface area contributed by atoms with Gasteiger partial charge in [0.2, 0.25) is 0 Å². The maximum Gasteiger partial charge on any atom is 0.410 e. The lowest BCUT2D eigenvalue weighted by molar-refractivity contribution is 0.0210. The summed E-state index contributed by atoms with van der Waals surface area (Å²) < 4.78 is 19.7. The Labute approximate surface area is 164 Å². The Morgan fingerprint density at radius 2 is 1.93 bits per heavy atom. The molecule has 7 nitrogen and oxygen atoms in total. The van der Waals surface area contributed by atoms with Gasteiger partial charge >= 0.3 is 6.09 Å². The van der Waals surface area contributed by atoms with Crippen molar-refractivity contribution in [1.82, 2.24) is 4.90 Å². The van der Waals surface area contributed by atoms with E-state index >= 15 is 0 Å². The number of nitriles is 2. The standard InChI is InChI=1S/C20H24FN5O2/c1-20(2,3)28-19(27)26-9-7-15(8-10-26)25-18-16(21)5-4-6-17(18)24-13-14(11-22)12-23/h4-6,13,15,24-25H,7-10H2,1-3H3. The normalized spacial score (nSPS) is 14.4. The first-order valence-electron chi connectivity index (χ1n) is 9.03. The summed E-state index contributed by atoms with van der Waals surface area (Å²) in [4.78, 5) is 13.8. The Hall–Kier alpha value is -3.26. The highest BCUT2D eigenvalue weighted by Crippen LogP contribution is 2.28. The molecule has 2 N–H and O–H groups in total. The SMILES string of the molecule is CC(C)(C)OC(=O)N1CCC(Nc2c(F)cccc2NC=C(C#N)C#N)CC1. The van der Waals surface area contributed by atoms with Crippen LogP contribution in [-0.2, 0) is 4.74 Å². The van der Waals surface area contributed by atoms with E-state index in [9.17, 15) is 9.18 Å². The van der Waals surface area contributed by atoms with Crippen molar-refractivity contribution >= 4 is 17.5 Å². The maximum absolute atomic E-state index is 14.3. The van der Waals surface area contributed by atoms with E-state index in [1.165, 1.54) is 12.3 Å². The Bertz CT molecular complexity index is 808. The predicted molar refractivity (Wildman–Crippen MR) is 104 cm³/mol. The number of carbonyl (C=O) groups is 1. The van der Waals surface area contributed by atoms with E-state index in [1.54, 1.807) is 29.2 Å². The van der Waals surface area contributed by atoms with E-state index in [-0.39, 0.29) is 23.4 Å². The number of nitrogens with one attached hydrogen (secondary N) is 2. The zero-order valence-electron chi connectivity index (χ0n) is 16.3. The maximum atomic E-state index is 14.3. The van der Waals surface area contributed by atoms with Crippen LogP contribution in [0.5, 0.6) is 0 Å². The summed E-state index contributed by atoms with van der Waals surface area (Å²) >= 11 is 0. The minimum absolute atomic E-state index is 0.0217. The molecule has 0 unspecified atom stereocenters. The molecular weight excluding hydrogens is 361 g/mol. The summed E-state index contributed by atoms with van der Waals surface area (Å²) in [6.07, 6.45) is 2.19. The van der Waals surface area contributed by atoms with Crippen LogP contribution in [0.4, 0.5) is 20.6 Å². The molecule has 1 aromatic carbocycles. The van der Waals surface area contributed by atoms with Gasteiger partial charge in [-0.3, -0.25) is 0 Å². The van der Waals surface area contributed by atoms with E-state index < -0.39 is 11.4 Å². The van der Waals surface area contributed by atoms with Gasteiger partial charge in [-0.2, -0.15) is 10.5 Å². The highest BCUT2D eigenvalue weighted by molar-refractivity contribution is 5.71. The first-order valence-corrected chi connectivity index (χ1v) is 9.03. The number of ether oxygens (including phenoxy) is 1. The monoisotopic (exact) mass is 385 g/mol. The molecule has 28 heavy (non-hydrogen) atoms. The summed E-state index contributed by atoms with van der Waals surface area (Å²) in [5.74, 6) is -0.441. The quantitative estimate of drug-likeness (QED) is 0.760. The Morgan fingerprint density at radius 1 is 1.29 bits per heavy atom. The van der Waals surface area contributed by atoms with E-state index in [0.717, 1.165) is 0 Å². The number of halogens is 1. The van der Waals surface area contributed by atoms with Crippen LogP contribution >= 0.6 is 0 Å². The molecular formula is C20H24FN5O2. The number of carbonyl (C=O) groups excluding carboxylic acids is 1. The molecule has 0 saturated carbocycles. The predicted octanol–water partition coefficient (Wildman–Crippen LogP) is 3.98. The van der Waals surface area contributed by atoms with Gasteiger partial charge in [-0.05, 0) is 45.7 Å². The molecule has 148 valence electrons. The van der Waals surface area contributed by atoms with E-state index in [1.807, 2.05) is 20.8 Å². The van der Waals surface area contributed by atoms with Crippen LogP contribution in [0, 0.1) is 28.5 Å². The van der Waals surface area contributed by atoms with Gasteiger partial charge in [0.25, 0.3) is 0 Å². The van der Waals surface area contributed by atoms with E-state index in [2.05, 4.69) is 10.6 Å². The second kappa shape index (κ2) is 9.09. The lowest BCUT2D eigenvalue weighted by atomic mass is 10.0. The number of likely N-dealkylation sites (tertiary alicyclic amines) is 1. The number of para-hydroxylation sites is 1. The van der Waals surface area contributed by atoms with Crippen molar-refractivity contribution in [1.29, 1.82) is 10.5 Å². The number of anilines is 2. The van der Waals surface area contributed by atoms with Crippen molar-refractivity contribution in [2.45, 2.75) is 45.3 Å². The third-order valence-electron chi connectivity index (χ3n) is 4.12. The Morgan fingerprint density at radius 3 is 2.50 bits per heavy atom. The molecule has 1 aliphatic heterocycles. The average Bonchev–Trinajstić information content (AvgIpc) is 2.64. The summed E-state index contributed by atoms with van der Waals surface area (Å²) in [5, 5.41) is 23.6. The van der Waals surface area contributed by atoms with Crippen LogP contribution in [0.1, 0.15) is 33.6 Å². The third kappa shape index (κ3) is 5.88. The number of hydrogen-bond acceptors (Lipinski definition) is 6. The van der Waals surface area contributed by atoms with E-state index in [0.29, 0.717) is 31.6 Å². The number of rotatable bonds is 4. The number of benzene rings is 1. The smallest absolute Gasteiger partial charge is 0.410 e. The molecule has 0 atom stereocenters. The number of allylic oxidation sites excluding steroid dienone is 1. The fourth-order valence-electron chi connectivity index (χ4n) is 2.77. The highest BCUT2D eigenvalue weighted by atomic mass is 19.1. The van der Waals surface area contributed by atoms with Gasteiger partial charge in [-0.15, -0.1) is 0 Å². The van der Waals surface area contributed by atoms with E-state index in [4.69, 9.17) is 15.3 Å². The van der Waals surface area contributed by atoms with Crippen LogP contribution in [0.2, 0.25) is 0 Å². The van der Waals surface area contributed by atoms with Gasteiger partial charge in [-0.1, -0.05) is 6.07 Å². The molecule has 0 radical (unpaired) electrons. The van der Waals surface area contributed by atoms with Crippen LogP contribution in [0.15, 0.2) is 30.0 Å². The summed E-state index contributed by atoms with van der Waals surface area (Å²) in [7, 11) is 0. The summed E-state index contributed by atoms with van der Waals surface area (Å²) in [5.41, 5.74) is 0.0437. The zero-order valence-corrected chi connectivity index (χ0v) is 16.3. The topological polar surface area (TPSA) is 101 Å². The molecule has 1 aliphatic rings. The zero-order chi connectivity index (χ0) is 20.7. The molecule has 1 fully saturated rings. The van der Waals surface area contributed by atoms with Gasteiger partial charge in [0.15, 0.2) is 0 Å². The van der Waals surface area contributed by atoms with Crippen LogP contribution in [-0.4, -0.2) is 35.7 Å². The minimum Gasteiger partial charge on any atom is -0.444 e. The first-order chi connectivity index (χ1) is 13.2. The lowest BCUT2D eigenvalue weighted by Crippen LogP contribution is -2.44. The number of hydrogen-bond donors (Lipinski definition) is 2. The molecule has 2 rings (SSSR count).